The summed E-state index contributed by atoms with van der Waals surface area (Å²) >= 11 is 0. The summed E-state index contributed by atoms with van der Waals surface area (Å²) in [6, 6.07) is 13.9. The smallest absolute Gasteiger partial charge is 0.298 e. The van der Waals surface area contributed by atoms with Crippen molar-refractivity contribution in [2.75, 3.05) is 27.3 Å². The number of nitrogens with zero attached hydrogens (tertiary/aromatic N) is 3. The van der Waals surface area contributed by atoms with Crippen molar-refractivity contribution >= 4 is 12.1 Å². The normalized spacial score (nSPS) is 17.7. The Kier molecular flexibility index (Phi) is 6.86. The van der Waals surface area contributed by atoms with E-state index in [4.69, 9.17) is 15.2 Å². The Bertz CT molecular complexity index is 1240. The van der Waals surface area contributed by atoms with Gasteiger partial charge < -0.3 is 25.4 Å². The lowest BCUT2D eigenvalue weighted by atomic mass is 9.84. The van der Waals surface area contributed by atoms with Gasteiger partial charge in [-0.3, -0.25) is 14.9 Å². The van der Waals surface area contributed by atoms with Gasteiger partial charge in [0.1, 0.15) is 23.2 Å². The van der Waals surface area contributed by atoms with E-state index in [2.05, 4.69) is 15.8 Å². The maximum atomic E-state index is 13.4. The van der Waals surface area contributed by atoms with Gasteiger partial charge in [0.15, 0.2) is 5.82 Å². The van der Waals surface area contributed by atoms with Gasteiger partial charge in [0, 0.05) is 13.1 Å². The summed E-state index contributed by atoms with van der Waals surface area (Å²) in [4.78, 5) is 26.8. The third-order valence-corrected chi connectivity index (χ3v) is 5.83. The van der Waals surface area contributed by atoms with Gasteiger partial charge in [-0.1, -0.05) is 24.3 Å². The lowest BCUT2D eigenvalue weighted by molar-refractivity contribution is -0.432. The highest BCUT2D eigenvalue weighted by molar-refractivity contribution is 5.97. The number of hydrogen-bond donors (Lipinski definition) is 3. The second-order valence-electron chi connectivity index (χ2n) is 7.91. The molecule has 1 amide bonds. The standard InChI is InChI=1S/C24H26N6O5/c1-34-17-8-3-6-15(12-17)14-27-28-24(31)20-19(16-7-4-9-18(13-16)35-2)21(30(32)33)23-26-10-5-11-29(23)22(20)25/h3-4,6-9,12-14,19,26H,5,10-11,25H2,1-2H3,(H,28,31)/b27-14+. The van der Waals surface area contributed by atoms with Crippen molar-refractivity contribution in [1.82, 2.24) is 15.6 Å². The van der Waals surface area contributed by atoms with Crippen LogP contribution in [0.2, 0.25) is 0 Å². The average Bonchev–Trinajstić information content (AvgIpc) is 2.88. The van der Waals surface area contributed by atoms with Crippen molar-refractivity contribution < 1.29 is 19.2 Å². The number of hydrogen-bond acceptors (Lipinski definition) is 9. The van der Waals surface area contributed by atoms with Gasteiger partial charge in [-0.25, -0.2) is 5.43 Å². The first-order chi connectivity index (χ1) is 16.9. The maximum Gasteiger partial charge on any atom is 0.298 e. The van der Waals surface area contributed by atoms with E-state index in [0.29, 0.717) is 48.0 Å². The second kappa shape index (κ2) is 10.2. The van der Waals surface area contributed by atoms with Gasteiger partial charge in [0.2, 0.25) is 0 Å². The Morgan fingerprint density at radius 3 is 2.66 bits per heavy atom. The molecule has 11 heteroatoms. The molecule has 0 saturated carbocycles. The summed E-state index contributed by atoms with van der Waals surface area (Å²) < 4.78 is 10.5. The first-order valence-electron chi connectivity index (χ1n) is 11.0. The molecule has 0 aromatic heterocycles. The van der Waals surface area contributed by atoms with Crippen LogP contribution in [0.4, 0.5) is 0 Å². The molecule has 2 aliphatic heterocycles. The van der Waals surface area contributed by atoms with Crippen molar-refractivity contribution in [1.29, 1.82) is 0 Å². The number of rotatable bonds is 7. The van der Waals surface area contributed by atoms with Crippen LogP contribution in [0.3, 0.4) is 0 Å². The van der Waals surface area contributed by atoms with E-state index in [9.17, 15) is 14.9 Å². The Hall–Kier alpha value is -4.54. The molecule has 1 atom stereocenters. The van der Waals surface area contributed by atoms with E-state index in [1.54, 1.807) is 60.5 Å². The average molecular weight is 479 g/mol. The summed E-state index contributed by atoms with van der Waals surface area (Å²) in [7, 11) is 3.06. The Morgan fingerprint density at radius 2 is 1.94 bits per heavy atom. The van der Waals surface area contributed by atoms with E-state index in [0.717, 1.165) is 0 Å². The zero-order valence-corrected chi connectivity index (χ0v) is 19.4. The summed E-state index contributed by atoms with van der Waals surface area (Å²) in [6.45, 7) is 1.01. The molecule has 2 aromatic rings. The molecular weight excluding hydrogens is 452 g/mol. The predicted octanol–water partition coefficient (Wildman–Crippen LogP) is 1.86. The van der Waals surface area contributed by atoms with Crippen molar-refractivity contribution in [2.45, 2.75) is 12.3 Å². The van der Waals surface area contributed by atoms with E-state index >= 15 is 0 Å². The number of nitrogens with one attached hydrogen (secondary N) is 2. The monoisotopic (exact) mass is 478 g/mol. The van der Waals surface area contributed by atoms with Gasteiger partial charge in [0.05, 0.1) is 30.9 Å². The number of nitro groups is 1. The number of allylic oxidation sites excluding steroid dienone is 1. The van der Waals surface area contributed by atoms with Crippen LogP contribution in [-0.4, -0.2) is 49.3 Å². The number of hydrazone groups is 1. The minimum atomic E-state index is -1.04. The third kappa shape index (κ3) is 4.74. The van der Waals surface area contributed by atoms with Crippen LogP contribution >= 0.6 is 0 Å². The van der Waals surface area contributed by atoms with Crippen molar-refractivity contribution in [3.05, 3.63) is 92.7 Å². The molecule has 35 heavy (non-hydrogen) atoms. The number of methoxy groups -OCH3 is 2. The number of benzene rings is 2. The van der Waals surface area contributed by atoms with Crippen LogP contribution in [0, 0.1) is 10.1 Å². The van der Waals surface area contributed by atoms with E-state index < -0.39 is 16.7 Å². The number of ether oxygens (including phenoxy) is 2. The first-order valence-corrected chi connectivity index (χ1v) is 11.0. The van der Waals surface area contributed by atoms with Crippen molar-refractivity contribution in [2.24, 2.45) is 10.8 Å². The molecule has 11 nitrogen and oxygen atoms in total. The van der Waals surface area contributed by atoms with E-state index in [-0.39, 0.29) is 17.1 Å². The van der Waals surface area contributed by atoms with E-state index in [1.807, 2.05) is 0 Å². The topological polar surface area (TPSA) is 144 Å². The highest BCUT2D eigenvalue weighted by Crippen LogP contribution is 2.41. The molecule has 2 aromatic carbocycles. The van der Waals surface area contributed by atoms with Crippen molar-refractivity contribution in [3.8, 4) is 11.5 Å². The predicted molar refractivity (Wildman–Crippen MR) is 129 cm³/mol. The van der Waals surface area contributed by atoms with Gasteiger partial charge >= 0.3 is 0 Å². The van der Waals surface area contributed by atoms with Gasteiger partial charge in [0.25, 0.3) is 11.6 Å². The fourth-order valence-electron chi connectivity index (χ4n) is 4.22. The van der Waals surface area contributed by atoms with Crippen LogP contribution in [-0.2, 0) is 4.79 Å². The second-order valence-corrected chi connectivity index (χ2v) is 7.91. The fraction of sp³-hybridized carbons (Fsp3) is 0.250. The molecule has 2 aliphatic rings. The van der Waals surface area contributed by atoms with Crippen LogP contribution < -0.4 is 25.9 Å². The summed E-state index contributed by atoms with van der Waals surface area (Å²) in [5.74, 6) is -0.0998. The zero-order chi connectivity index (χ0) is 24.9. The fourth-order valence-corrected chi connectivity index (χ4v) is 4.22. The molecule has 0 bridgehead atoms. The molecule has 2 heterocycles. The molecule has 0 radical (unpaired) electrons. The summed E-state index contributed by atoms with van der Waals surface area (Å²) in [6.07, 6.45) is 2.17. The van der Waals surface area contributed by atoms with Gasteiger partial charge in [-0.05, 0) is 41.8 Å². The number of nitrogens with two attached hydrogens (primary N) is 1. The molecule has 1 unspecified atom stereocenters. The highest BCUT2D eigenvalue weighted by Gasteiger charge is 2.45. The number of amides is 1. The minimum absolute atomic E-state index is 0.0418. The SMILES string of the molecule is COc1cccc(/C=N/NC(=O)C2=C(N)N3CCCNC3=C([N+](=O)[O-])C2c2cccc(OC)c2)c1. The molecule has 0 aliphatic carbocycles. The first kappa shape index (κ1) is 23.6. The number of fused-ring (bicyclic) bond motifs is 1. The van der Waals surface area contributed by atoms with Gasteiger partial charge in [-0.2, -0.15) is 5.10 Å². The van der Waals surface area contributed by atoms with E-state index in [1.165, 1.54) is 13.3 Å². The minimum Gasteiger partial charge on any atom is -0.497 e. The van der Waals surface area contributed by atoms with Crippen LogP contribution in [0.1, 0.15) is 23.5 Å². The van der Waals surface area contributed by atoms with Crippen LogP contribution in [0.15, 0.2) is 76.5 Å². The molecule has 1 fully saturated rings. The highest BCUT2D eigenvalue weighted by atomic mass is 16.6. The number of carbonyl (C=O) groups excluding carboxylic acids is 1. The molecule has 182 valence electrons. The molecule has 4 rings (SSSR count). The molecule has 4 N–H and O–H groups in total. The Morgan fingerprint density at radius 1 is 1.23 bits per heavy atom. The largest absolute Gasteiger partial charge is 0.497 e. The zero-order valence-electron chi connectivity index (χ0n) is 19.4. The molecular formula is C24H26N6O5. The quantitative estimate of drug-likeness (QED) is 0.311. The summed E-state index contributed by atoms with van der Waals surface area (Å²) in [5.41, 5.74) is 10.0. The third-order valence-electron chi connectivity index (χ3n) is 5.83. The Balaban J connectivity index is 1.74. The maximum absolute atomic E-state index is 13.4. The lowest BCUT2D eigenvalue weighted by Gasteiger charge is -2.38. The van der Waals surface area contributed by atoms with Crippen molar-refractivity contribution in [3.63, 3.8) is 0 Å². The van der Waals surface area contributed by atoms with Crippen LogP contribution in [0.25, 0.3) is 0 Å². The van der Waals surface area contributed by atoms with Crippen LogP contribution in [0.5, 0.6) is 11.5 Å². The summed E-state index contributed by atoms with van der Waals surface area (Å²) in [5, 5.41) is 19.4. The number of carbonyl (C=O) groups is 1. The lowest BCUT2D eigenvalue weighted by Crippen LogP contribution is -2.48. The van der Waals surface area contributed by atoms with Gasteiger partial charge in [-0.15, -0.1) is 0 Å². The Labute approximate surface area is 202 Å². The molecule has 1 saturated heterocycles. The molecule has 0 spiro atoms.